The Morgan fingerprint density at radius 3 is 2.67 bits per heavy atom. The number of nitrogens with zero attached hydrogens (tertiary/aromatic N) is 1. The summed E-state index contributed by atoms with van der Waals surface area (Å²) in [5, 5.41) is 7.15. The van der Waals surface area contributed by atoms with Gasteiger partial charge in [-0.25, -0.2) is 10.2 Å². The molecule has 2 amide bonds. The predicted octanol–water partition coefficient (Wildman–Crippen LogP) is 4.76. The molecule has 2 N–H and O–H groups in total. The van der Waals surface area contributed by atoms with Gasteiger partial charge in [0.15, 0.2) is 0 Å². The maximum atomic E-state index is 11.7. The van der Waals surface area contributed by atoms with Gasteiger partial charge in [0.2, 0.25) is 0 Å². The van der Waals surface area contributed by atoms with E-state index in [1.165, 1.54) is 6.21 Å². The number of carbonyl (C=O) groups excluding carboxylic acids is 1. The summed E-state index contributed by atoms with van der Waals surface area (Å²) in [6.07, 6.45) is 1.43. The minimum Gasteiger partial charge on any atom is -0.455 e. The summed E-state index contributed by atoms with van der Waals surface area (Å²) in [6, 6.07) is 19.6. The van der Waals surface area contributed by atoms with Gasteiger partial charge >= 0.3 is 6.03 Å². The molecule has 0 spiro atoms. The zero-order valence-electron chi connectivity index (χ0n) is 12.6. The molecule has 0 aliphatic heterocycles. The molecule has 0 bridgehead atoms. The van der Waals surface area contributed by atoms with Crippen LogP contribution in [0.25, 0.3) is 11.3 Å². The Kier molecular flexibility index (Phi) is 4.93. The quantitative estimate of drug-likeness (QED) is 0.531. The molecule has 1 heterocycles. The van der Waals surface area contributed by atoms with Gasteiger partial charge in [0, 0.05) is 16.3 Å². The fraction of sp³-hybridized carbons (Fsp3) is 0. The molecule has 3 aromatic rings. The third-order valence-electron chi connectivity index (χ3n) is 3.13. The van der Waals surface area contributed by atoms with Crippen molar-refractivity contribution in [2.24, 2.45) is 5.10 Å². The van der Waals surface area contributed by atoms with Gasteiger partial charge in [-0.3, -0.25) is 0 Å². The molecule has 120 valence electrons. The number of hydrogen-bond donors (Lipinski definition) is 2. The summed E-state index contributed by atoms with van der Waals surface area (Å²) >= 11 is 5.96. The van der Waals surface area contributed by atoms with Gasteiger partial charge in [0.05, 0.1) is 6.21 Å². The Hall–Kier alpha value is -3.05. The van der Waals surface area contributed by atoms with Crippen molar-refractivity contribution in [1.29, 1.82) is 0 Å². The van der Waals surface area contributed by atoms with Crippen LogP contribution in [0.15, 0.2) is 76.2 Å². The predicted molar refractivity (Wildman–Crippen MR) is 95.3 cm³/mol. The number of hydrazone groups is 1. The molecule has 24 heavy (non-hydrogen) atoms. The van der Waals surface area contributed by atoms with E-state index in [0.29, 0.717) is 22.2 Å². The van der Waals surface area contributed by atoms with Crippen molar-refractivity contribution in [3.8, 4) is 11.3 Å². The summed E-state index contributed by atoms with van der Waals surface area (Å²) in [6.45, 7) is 0. The van der Waals surface area contributed by atoms with Gasteiger partial charge in [-0.2, -0.15) is 5.10 Å². The number of carbonyl (C=O) groups is 1. The third-order valence-corrected chi connectivity index (χ3v) is 3.36. The van der Waals surface area contributed by atoms with Crippen LogP contribution in [0, 0.1) is 0 Å². The van der Waals surface area contributed by atoms with Crippen LogP contribution in [-0.2, 0) is 0 Å². The van der Waals surface area contributed by atoms with Crippen molar-refractivity contribution in [1.82, 2.24) is 5.43 Å². The average Bonchev–Trinajstić information content (AvgIpc) is 3.05. The number of nitrogens with one attached hydrogen (secondary N) is 2. The highest BCUT2D eigenvalue weighted by Crippen LogP contribution is 2.24. The molecular weight excluding hydrogens is 326 g/mol. The summed E-state index contributed by atoms with van der Waals surface area (Å²) in [5.74, 6) is 1.19. The lowest BCUT2D eigenvalue weighted by molar-refractivity contribution is 0.252. The van der Waals surface area contributed by atoms with Crippen molar-refractivity contribution >= 4 is 29.5 Å². The molecule has 0 aliphatic rings. The van der Waals surface area contributed by atoms with Gasteiger partial charge in [-0.05, 0) is 36.4 Å². The lowest BCUT2D eigenvalue weighted by Gasteiger charge is -2.02. The number of hydrogen-bond acceptors (Lipinski definition) is 3. The molecule has 6 heteroatoms. The first kappa shape index (κ1) is 15.8. The summed E-state index contributed by atoms with van der Waals surface area (Å²) in [7, 11) is 0. The topological polar surface area (TPSA) is 66.6 Å². The molecule has 1 aromatic heterocycles. The molecule has 3 rings (SSSR count). The molecule has 0 atom stereocenters. The SMILES string of the molecule is O=C(N/N=C\c1ccc(-c2cccc(Cl)c2)o1)Nc1ccccc1. The number of anilines is 1. The second-order valence-corrected chi connectivity index (χ2v) is 5.34. The number of urea groups is 1. The second kappa shape index (κ2) is 7.48. The summed E-state index contributed by atoms with van der Waals surface area (Å²) in [5.41, 5.74) is 3.93. The van der Waals surface area contributed by atoms with Crippen molar-refractivity contribution in [2.75, 3.05) is 5.32 Å². The molecule has 0 radical (unpaired) electrons. The monoisotopic (exact) mass is 339 g/mol. The number of rotatable bonds is 4. The molecule has 0 unspecified atom stereocenters. The maximum Gasteiger partial charge on any atom is 0.339 e. The number of furan rings is 1. The highest BCUT2D eigenvalue weighted by atomic mass is 35.5. The lowest BCUT2D eigenvalue weighted by atomic mass is 10.2. The van der Waals surface area contributed by atoms with E-state index >= 15 is 0 Å². The van der Waals surface area contributed by atoms with Crippen molar-refractivity contribution in [3.05, 3.63) is 77.5 Å². The first-order valence-corrected chi connectivity index (χ1v) is 7.59. The number of halogens is 1. The third kappa shape index (κ3) is 4.24. The first-order chi connectivity index (χ1) is 11.7. The number of para-hydroxylation sites is 1. The molecule has 0 fully saturated rings. The van der Waals surface area contributed by atoms with Crippen LogP contribution in [0.4, 0.5) is 10.5 Å². The smallest absolute Gasteiger partial charge is 0.339 e. The normalized spacial score (nSPS) is 10.7. The van der Waals surface area contributed by atoms with Crippen LogP contribution in [0.3, 0.4) is 0 Å². The molecule has 0 aliphatic carbocycles. The van der Waals surface area contributed by atoms with E-state index in [1.54, 1.807) is 24.3 Å². The Balaban J connectivity index is 1.58. The van der Waals surface area contributed by atoms with Crippen molar-refractivity contribution in [3.63, 3.8) is 0 Å². The second-order valence-electron chi connectivity index (χ2n) is 4.90. The highest BCUT2D eigenvalue weighted by molar-refractivity contribution is 6.30. The number of amides is 2. The van der Waals surface area contributed by atoms with Gasteiger partial charge in [0.1, 0.15) is 11.5 Å². The van der Waals surface area contributed by atoms with E-state index in [0.717, 1.165) is 5.56 Å². The largest absolute Gasteiger partial charge is 0.455 e. The minimum absolute atomic E-state index is 0.431. The molecular formula is C18H14ClN3O2. The van der Waals surface area contributed by atoms with E-state index in [2.05, 4.69) is 15.8 Å². The Bertz CT molecular complexity index is 859. The fourth-order valence-corrected chi connectivity index (χ4v) is 2.24. The molecule has 0 saturated carbocycles. The van der Waals surface area contributed by atoms with Crippen molar-refractivity contribution < 1.29 is 9.21 Å². The Morgan fingerprint density at radius 2 is 1.88 bits per heavy atom. The standard InChI is InChI=1S/C18H14ClN3O2/c19-14-6-4-5-13(11-14)17-10-9-16(24-17)12-20-22-18(23)21-15-7-2-1-3-8-15/h1-12H,(H2,21,22,23)/b20-12-. The van der Waals surface area contributed by atoms with Gasteiger partial charge in [-0.1, -0.05) is 41.9 Å². The highest BCUT2D eigenvalue weighted by Gasteiger charge is 2.04. The van der Waals surface area contributed by atoms with Crippen LogP contribution < -0.4 is 10.7 Å². The lowest BCUT2D eigenvalue weighted by Crippen LogP contribution is -2.24. The Labute approximate surface area is 143 Å². The first-order valence-electron chi connectivity index (χ1n) is 7.21. The van der Waals surface area contributed by atoms with Crippen LogP contribution in [0.5, 0.6) is 0 Å². The zero-order valence-corrected chi connectivity index (χ0v) is 13.3. The van der Waals surface area contributed by atoms with Gasteiger partial charge in [0.25, 0.3) is 0 Å². The number of benzene rings is 2. The minimum atomic E-state index is -0.431. The van der Waals surface area contributed by atoms with Gasteiger partial charge < -0.3 is 9.73 Å². The maximum absolute atomic E-state index is 11.7. The Morgan fingerprint density at radius 1 is 1.04 bits per heavy atom. The van der Waals surface area contributed by atoms with Crippen molar-refractivity contribution in [2.45, 2.75) is 0 Å². The zero-order chi connectivity index (χ0) is 16.8. The van der Waals surface area contributed by atoms with Crippen LogP contribution >= 0.6 is 11.6 Å². The summed E-state index contributed by atoms with van der Waals surface area (Å²) in [4.78, 5) is 11.7. The van der Waals surface area contributed by atoms with E-state index in [-0.39, 0.29) is 0 Å². The van der Waals surface area contributed by atoms with Crippen LogP contribution in [-0.4, -0.2) is 12.2 Å². The van der Waals surface area contributed by atoms with E-state index in [9.17, 15) is 4.79 Å². The van der Waals surface area contributed by atoms with Gasteiger partial charge in [-0.15, -0.1) is 0 Å². The van der Waals surface area contributed by atoms with E-state index in [1.807, 2.05) is 42.5 Å². The average molecular weight is 340 g/mol. The van der Waals surface area contributed by atoms with Crippen LogP contribution in [0.1, 0.15) is 5.76 Å². The molecule has 0 saturated heterocycles. The van der Waals surface area contributed by atoms with Crippen LogP contribution in [0.2, 0.25) is 5.02 Å². The fourth-order valence-electron chi connectivity index (χ4n) is 2.05. The summed E-state index contributed by atoms with van der Waals surface area (Å²) < 4.78 is 5.65. The molecule has 5 nitrogen and oxygen atoms in total. The molecule has 2 aromatic carbocycles. The van der Waals surface area contributed by atoms with E-state index < -0.39 is 6.03 Å². The van der Waals surface area contributed by atoms with E-state index in [4.69, 9.17) is 16.0 Å².